The van der Waals surface area contributed by atoms with E-state index in [1.165, 1.54) is 32.4 Å². The quantitative estimate of drug-likeness (QED) is 0.603. The molecule has 0 atom stereocenters. The van der Waals surface area contributed by atoms with Crippen LogP contribution >= 0.6 is 11.3 Å². The Kier molecular flexibility index (Phi) is 6.00. The van der Waals surface area contributed by atoms with Crippen LogP contribution < -0.4 is 9.62 Å². The van der Waals surface area contributed by atoms with E-state index in [1.54, 1.807) is 47.8 Å². The summed E-state index contributed by atoms with van der Waals surface area (Å²) in [7, 11) is -1.14. The lowest BCUT2D eigenvalue weighted by atomic mass is 10.2. The second-order valence-electron chi connectivity index (χ2n) is 5.95. The van der Waals surface area contributed by atoms with Crippen LogP contribution in [0.25, 0.3) is 0 Å². The van der Waals surface area contributed by atoms with Crippen molar-refractivity contribution in [3.63, 3.8) is 0 Å². The van der Waals surface area contributed by atoms with Gasteiger partial charge in [-0.3, -0.25) is 9.10 Å². The molecule has 0 fully saturated rings. The van der Waals surface area contributed by atoms with Crippen molar-refractivity contribution >= 4 is 44.6 Å². The molecular formula is C20H18N2O5S2. The molecule has 1 heterocycles. The van der Waals surface area contributed by atoms with Gasteiger partial charge in [-0.25, -0.2) is 13.2 Å². The predicted molar refractivity (Wildman–Crippen MR) is 112 cm³/mol. The van der Waals surface area contributed by atoms with E-state index in [0.29, 0.717) is 11.3 Å². The molecular weight excluding hydrogens is 412 g/mol. The summed E-state index contributed by atoms with van der Waals surface area (Å²) in [5, 5.41) is 4.34. The van der Waals surface area contributed by atoms with E-state index in [2.05, 4.69) is 10.1 Å². The highest BCUT2D eigenvalue weighted by Crippen LogP contribution is 2.30. The molecule has 3 rings (SSSR count). The average Bonchev–Trinajstić information content (AvgIpc) is 3.23. The van der Waals surface area contributed by atoms with Gasteiger partial charge in [0.2, 0.25) is 0 Å². The molecule has 3 aromatic rings. The summed E-state index contributed by atoms with van der Waals surface area (Å²) in [6.07, 6.45) is 0. The van der Waals surface area contributed by atoms with Gasteiger partial charge < -0.3 is 10.1 Å². The Morgan fingerprint density at radius 1 is 1.03 bits per heavy atom. The number of methoxy groups -OCH3 is 1. The number of sulfonamides is 1. The van der Waals surface area contributed by atoms with Crippen LogP contribution in [-0.4, -0.2) is 34.5 Å². The van der Waals surface area contributed by atoms with Crippen LogP contribution in [0, 0.1) is 0 Å². The van der Waals surface area contributed by atoms with Gasteiger partial charge in [0, 0.05) is 12.7 Å². The first-order valence-electron chi connectivity index (χ1n) is 8.46. The Balaban J connectivity index is 1.86. The van der Waals surface area contributed by atoms with Crippen LogP contribution in [0.2, 0.25) is 0 Å². The fourth-order valence-corrected chi connectivity index (χ4v) is 4.73. The monoisotopic (exact) mass is 430 g/mol. The summed E-state index contributed by atoms with van der Waals surface area (Å²) in [6, 6.07) is 15.9. The minimum atomic E-state index is -3.81. The smallest absolute Gasteiger partial charge is 0.337 e. The minimum absolute atomic E-state index is 0.130. The number of ether oxygens (including phenoxy) is 1. The van der Waals surface area contributed by atoms with Crippen LogP contribution in [0.3, 0.4) is 0 Å². The second kappa shape index (κ2) is 8.46. The van der Waals surface area contributed by atoms with Crippen molar-refractivity contribution in [3.05, 3.63) is 76.5 Å². The highest BCUT2D eigenvalue weighted by Gasteiger charge is 2.26. The summed E-state index contributed by atoms with van der Waals surface area (Å²) >= 11 is 1.12. The lowest BCUT2D eigenvalue weighted by molar-refractivity contribution is 0.0600. The van der Waals surface area contributed by atoms with Crippen molar-refractivity contribution in [2.24, 2.45) is 0 Å². The van der Waals surface area contributed by atoms with Gasteiger partial charge in [0.25, 0.3) is 15.9 Å². The Morgan fingerprint density at radius 3 is 2.45 bits per heavy atom. The third-order valence-corrected chi connectivity index (χ3v) is 6.82. The number of benzene rings is 2. The number of carbonyl (C=O) groups excluding carboxylic acids is 2. The van der Waals surface area contributed by atoms with Crippen molar-refractivity contribution in [1.82, 2.24) is 0 Å². The van der Waals surface area contributed by atoms with Gasteiger partial charge in [-0.05, 0) is 41.8 Å². The normalized spacial score (nSPS) is 11.0. The van der Waals surface area contributed by atoms with Crippen LogP contribution in [-0.2, 0) is 14.8 Å². The number of nitrogens with one attached hydrogen (secondary N) is 1. The Hall–Kier alpha value is -3.17. The predicted octanol–water partition coefficient (Wildman–Crippen LogP) is 3.61. The average molecular weight is 431 g/mol. The molecule has 2 aromatic carbocycles. The van der Waals surface area contributed by atoms with Gasteiger partial charge in [-0.15, -0.1) is 11.3 Å². The summed E-state index contributed by atoms with van der Waals surface area (Å²) in [5.74, 6) is -1.00. The molecule has 0 aliphatic rings. The summed E-state index contributed by atoms with van der Waals surface area (Å²) in [6.45, 7) is 0. The van der Waals surface area contributed by atoms with Crippen LogP contribution in [0.1, 0.15) is 20.0 Å². The standard InChI is InChI=1S/C20H18N2O5S2/c1-22(29(25,26)16-9-4-3-5-10-16)17-11-12-28-18(17)19(23)21-15-8-6-7-14(13-15)20(24)27-2/h3-13H,1-2H3,(H,21,23). The molecule has 0 spiro atoms. The number of amides is 1. The van der Waals surface area contributed by atoms with Crippen LogP contribution in [0.15, 0.2) is 70.9 Å². The van der Waals surface area contributed by atoms with Crippen molar-refractivity contribution in [1.29, 1.82) is 0 Å². The molecule has 1 aromatic heterocycles. The molecule has 0 saturated carbocycles. The molecule has 150 valence electrons. The fourth-order valence-electron chi connectivity index (χ4n) is 2.63. The zero-order valence-electron chi connectivity index (χ0n) is 15.7. The third-order valence-electron chi connectivity index (χ3n) is 4.13. The number of esters is 1. The number of thiophene rings is 1. The molecule has 9 heteroatoms. The Labute approximate surface area is 172 Å². The zero-order chi connectivity index (χ0) is 21.0. The maximum Gasteiger partial charge on any atom is 0.337 e. The number of hydrogen-bond acceptors (Lipinski definition) is 6. The fraction of sp³-hybridized carbons (Fsp3) is 0.100. The van der Waals surface area contributed by atoms with Gasteiger partial charge in [0.1, 0.15) is 4.88 Å². The lowest BCUT2D eigenvalue weighted by Crippen LogP contribution is -2.28. The van der Waals surface area contributed by atoms with E-state index >= 15 is 0 Å². The number of anilines is 2. The molecule has 0 saturated heterocycles. The van der Waals surface area contributed by atoms with Gasteiger partial charge >= 0.3 is 5.97 Å². The summed E-state index contributed by atoms with van der Waals surface area (Å²) in [5.41, 5.74) is 0.951. The highest BCUT2D eigenvalue weighted by molar-refractivity contribution is 7.92. The third kappa shape index (κ3) is 4.30. The molecule has 0 bridgehead atoms. The maximum absolute atomic E-state index is 12.9. The van der Waals surface area contributed by atoms with Crippen molar-refractivity contribution in [2.45, 2.75) is 4.90 Å². The topological polar surface area (TPSA) is 92.8 Å². The Bertz CT molecular complexity index is 1140. The van der Waals surface area contributed by atoms with Crippen LogP contribution in [0.5, 0.6) is 0 Å². The SMILES string of the molecule is COC(=O)c1cccc(NC(=O)c2sccc2N(C)S(=O)(=O)c2ccccc2)c1. The van der Waals surface area contributed by atoms with Crippen molar-refractivity contribution in [2.75, 3.05) is 23.8 Å². The molecule has 0 radical (unpaired) electrons. The molecule has 0 aliphatic carbocycles. The zero-order valence-corrected chi connectivity index (χ0v) is 17.3. The molecule has 7 nitrogen and oxygen atoms in total. The van der Waals surface area contributed by atoms with E-state index < -0.39 is 21.9 Å². The summed E-state index contributed by atoms with van der Waals surface area (Å²) < 4.78 is 31.5. The number of hydrogen-bond donors (Lipinski definition) is 1. The lowest BCUT2D eigenvalue weighted by Gasteiger charge is -2.19. The van der Waals surface area contributed by atoms with Gasteiger partial charge in [0.15, 0.2) is 0 Å². The molecule has 1 amide bonds. The maximum atomic E-state index is 12.9. The van der Waals surface area contributed by atoms with Gasteiger partial charge in [-0.2, -0.15) is 0 Å². The van der Waals surface area contributed by atoms with Crippen molar-refractivity contribution < 1.29 is 22.7 Å². The van der Waals surface area contributed by atoms with E-state index in [9.17, 15) is 18.0 Å². The first kappa shape index (κ1) is 20.6. The van der Waals surface area contributed by atoms with Gasteiger partial charge in [-0.1, -0.05) is 24.3 Å². The van der Waals surface area contributed by atoms with E-state index in [0.717, 1.165) is 15.6 Å². The molecule has 0 aliphatic heterocycles. The number of rotatable bonds is 6. The Morgan fingerprint density at radius 2 is 1.76 bits per heavy atom. The van der Waals surface area contributed by atoms with E-state index in [-0.39, 0.29) is 15.5 Å². The summed E-state index contributed by atoms with van der Waals surface area (Å²) in [4.78, 5) is 24.8. The second-order valence-corrected chi connectivity index (χ2v) is 8.83. The number of nitrogens with zero attached hydrogens (tertiary/aromatic N) is 1. The van der Waals surface area contributed by atoms with Gasteiger partial charge in [0.05, 0.1) is 23.3 Å². The molecule has 1 N–H and O–H groups in total. The molecule has 0 unspecified atom stereocenters. The first-order valence-corrected chi connectivity index (χ1v) is 10.8. The molecule has 29 heavy (non-hydrogen) atoms. The van der Waals surface area contributed by atoms with E-state index in [1.807, 2.05) is 0 Å². The number of carbonyl (C=O) groups is 2. The highest BCUT2D eigenvalue weighted by atomic mass is 32.2. The van der Waals surface area contributed by atoms with Crippen molar-refractivity contribution in [3.8, 4) is 0 Å². The van der Waals surface area contributed by atoms with Crippen LogP contribution in [0.4, 0.5) is 11.4 Å². The first-order chi connectivity index (χ1) is 13.8. The largest absolute Gasteiger partial charge is 0.465 e. The van der Waals surface area contributed by atoms with E-state index in [4.69, 9.17) is 0 Å². The minimum Gasteiger partial charge on any atom is -0.465 e.